The highest BCUT2D eigenvalue weighted by atomic mass is 16.2. The number of carbonyl (C=O) groups excluding carboxylic acids is 2. The van der Waals surface area contributed by atoms with Crippen LogP contribution in [0.1, 0.15) is 32.6 Å². The molecule has 2 rings (SSSR count). The molecule has 2 saturated heterocycles. The van der Waals surface area contributed by atoms with Gasteiger partial charge in [-0.15, -0.1) is 0 Å². The van der Waals surface area contributed by atoms with Crippen LogP contribution in [0.3, 0.4) is 0 Å². The van der Waals surface area contributed by atoms with Gasteiger partial charge in [0.2, 0.25) is 11.8 Å². The maximum absolute atomic E-state index is 11.8. The summed E-state index contributed by atoms with van der Waals surface area (Å²) in [5.41, 5.74) is 3.18. The van der Waals surface area contributed by atoms with Crippen LogP contribution in [0, 0.1) is 0 Å². The van der Waals surface area contributed by atoms with Crippen LogP contribution in [0.4, 0.5) is 0 Å². The number of carbonyl (C=O) groups is 2. The Hall–Kier alpha value is -0.940. The molecule has 2 amide bonds. The Morgan fingerprint density at radius 1 is 1.25 bits per heavy atom. The molecule has 0 bridgehead atoms. The van der Waals surface area contributed by atoms with Gasteiger partial charge in [-0.3, -0.25) is 14.5 Å². The fourth-order valence-corrected chi connectivity index (χ4v) is 2.36. The fraction of sp³-hybridized carbons (Fsp3) is 0.818. The minimum Gasteiger partial charge on any atom is -0.281 e. The van der Waals surface area contributed by atoms with Gasteiger partial charge in [0.1, 0.15) is 6.04 Å². The molecule has 1 unspecified atom stereocenters. The van der Waals surface area contributed by atoms with E-state index in [-0.39, 0.29) is 17.9 Å². The minimum atomic E-state index is -0.328. The first-order valence-electron chi connectivity index (χ1n) is 6.07. The number of piperidine rings is 1. The number of rotatable bonds is 3. The highest BCUT2D eigenvalue weighted by Gasteiger charge is 2.38. The quantitative estimate of drug-likeness (QED) is 0.693. The first-order valence-corrected chi connectivity index (χ1v) is 6.07. The normalized spacial score (nSPS) is 27.8. The van der Waals surface area contributed by atoms with Gasteiger partial charge in [-0.05, 0) is 19.8 Å². The van der Waals surface area contributed by atoms with Gasteiger partial charge in [-0.2, -0.15) is 0 Å². The van der Waals surface area contributed by atoms with Crippen LogP contribution in [0.5, 0.6) is 0 Å². The summed E-state index contributed by atoms with van der Waals surface area (Å²) >= 11 is 0. The summed E-state index contributed by atoms with van der Waals surface area (Å²) in [7, 11) is 0. The SMILES string of the molecule is CCN1C(=O)CC(NN2CCCCC2)C1=O. The van der Waals surface area contributed by atoms with Gasteiger partial charge in [-0.25, -0.2) is 10.4 Å². The largest absolute Gasteiger partial charge is 0.281 e. The Morgan fingerprint density at radius 2 is 1.94 bits per heavy atom. The number of nitrogens with zero attached hydrogens (tertiary/aromatic N) is 2. The van der Waals surface area contributed by atoms with Crippen LogP contribution in [-0.2, 0) is 9.59 Å². The molecule has 5 nitrogen and oxygen atoms in total. The number of amides is 2. The van der Waals surface area contributed by atoms with E-state index in [0.717, 1.165) is 13.1 Å². The van der Waals surface area contributed by atoms with Gasteiger partial charge in [-0.1, -0.05) is 6.42 Å². The van der Waals surface area contributed by atoms with Crippen molar-refractivity contribution in [3.05, 3.63) is 0 Å². The van der Waals surface area contributed by atoms with Crippen LogP contribution in [0.15, 0.2) is 0 Å². The third-order valence-electron chi connectivity index (χ3n) is 3.25. The summed E-state index contributed by atoms with van der Waals surface area (Å²) in [5, 5.41) is 2.08. The molecule has 0 aromatic heterocycles. The Morgan fingerprint density at radius 3 is 2.50 bits per heavy atom. The van der Waals surface area contributed by atoms with E-state index in [4.69, 9.17) is 0 Å². The second-order valence-electron chi connectivity index (χ2n) is 4.41. The highest BCUT2D eigenvalue weighted by molar-refractivity contribution is 6.05. The number of hydrazine groups is 1. The van der Waals surface area contributed by atoms with E-state index < -0.39 is 0 Å². The van der Waals surface area contributed by atoms with E-state index in [0.29, 0.717) is 13.0 Å². The molecule has 2 aliphatic heterocycles. The summed E-state index contributed by atoms with van der Waals surface area (Å²) < 4.78 is 0. The first-order chi connectivity index (χ1) is 7.72. The predicted octanol–water partition coefficient (Wildman–Crippen LogP) is 0.124. The molecule has 1 N–H and O–H groups in total. The molecule has 90 valence electrons. The van der Waals surface area contributed by atoms with Crippen molar-refractivity contribution >= 4 is 11.8 Å². The van der Waals surface area contributed by atoms with Crippen molar-refractivity contribution in [1.82, 2.24) is 15.3 Å². The molecule has 0 aromatic rings. The van der Waals surface area contributed by atoms with Crippen molar-refractivity contribution in [2.75, 3.05) is 19.6 Å². The summed E-state index contributed by atoms with van der Waals surface area (Å²) in [6.45, 7) is 4.27. The summed E-state index contributed by atoms with van der Waals surface area (Å²) in [4.78, 5) is 24.7. The van der Waals surface area contributed by atoms with E-state index in [1.165, 1.54) is 24.2 Å². The van der Waals surface area contributed by atoms with Crippen molar-refractivity contribution in [3.63, 3.8) is 0 Å². The zero-order valence-electron chi connectivity index (χ0n) is 9.74. The van der Waals surface area contributed by atoms with Crippen LogP contribution in [0.25, 0.3) is 0 Å². The molecule has 0 aliphatic carbocycles. The zero-order chi connectivity index (χ0) is 11.5. The van der Waals surface area contributed by atoms with E-state index in [1.807, 2.05) is 6.92 Å². The number of likely N-dealkylation sites (tertiary alicyclic amines) is 1. The summed E-state index contributed by atoms with van der Waals surface area (Å²) in [6.07, 6.45) is 3.90. The zero-order valence-corrected chi connectivity index (χ0v) is 9.74. The lowest BCUT2D eigenvalue weighted by Crippen LogP contribution is -2.50. The molecular weight excluding hydrogens is 206 g/mol. The molecule has 0 saturated carbocycles. The van der Waals surface area contributed by atoms with Crippen molar-refractivity contribution in [1.29, 1.82) is 0 Å². The Labute approximate surface area is 95.7 Å². The average Bonchev–Trinajstić information content (AvgIpc) is 2.55. The molecule has 1 atom stereocenters. The number of imide groups is 1. The van der Waals surface area contributed by atoms with Crippen LogP contribution in [-0.4, -0.2) is 47.4 Å². The molecular formula is C11H19N3O2. The third-order valence-corrected chi connectivity index (χ3v) is 3.25. The van der Waals surface area contributed by atoms with E-state index >= 15 is 0 Å². The van der Waals surface area contributed by atoms with Crippen LogP contribution in [0.2, 0.25) is 0 Å². The maximum atomic E-state index is 11.8. The number of hydrogen-bond donors (Lipinski definition) is 1. The molecule has 0 spiro atoms. The Kier molecular flexibility index (Phi) is 3.56. The van der Waals surface area contributed by atoms with E-state index in [9.17, 15) is 9.59 Å². The van der Waals surface area contributed by atoms with Crippen LogP contribution < -0.4 is 5.43 Å². The van der Waals surface area contributed by atoms with E-state index in [2.05, 4.69) is 10.4 Å². The van der Waals surface area contributed by atoms with Gasteiger partial charge >= 0.3 is 0 Å². The fourth-order valence-electron chi connectivity index (χ4n) is 2.36. The molecule has 0 radical (unpaired) electrons. The summed E-state index contributed by atoms with van der Waals surface area (Å²) in [6, 6.07) is -0.328. The standard InChI is InChI=1S/C11H19N3O2/c1-2-14-10(15)8-9(11(14)16)12-13-6-4-3-5-7-13/h9,12H,2-8H2,1H3. The van der Waals surface area contributed by atoms with Gasteiger partial charge in [0.15, 0.2) is 0 Å². The predicted molar refractivity (Wildman–Crippen MR) is 59.4 cm³/mol. The number of nitrogens with one attached hydrogen (secondary N) is 1. The van der Waals surface area contributed by atoms with Crippen molar-refractivity contribution in [2.24, 2.45) is 0 Å². The lowest BCUT2D eigenvalue weighted by molar-refractivity contribution is -0.138. The van der Waals surface area contributed by atoms with Gasteiger partial charge in [0, 0.05) is 19.6 Å². The average molecular weight is 225 g/mol. The van der Waals surface area contributed by atoms with Gasteiger partial charge in [0.25, 0.3) is 0 Å². The first kappa shape index (κ1) is 11.5. The third kappa shape index (κ3) is 2.25. The monoisotopic (exact) mass is 225 g/mol. The minimum absolute atomic E-state index is 0.0537. The molecule has 0 aromatic carbocycles. The van der Waals surface area contributed by atoms with Crippen molar-refractivity contribution < 1.29 is 9.59 Å². The van der Waals surface area contributed by atoms with Crippen molar-refractivity contribution in [2.45, 2.75) is 38.6 Å². The second kappa shape index (κ2) is 4.93. The molecule has 2 heterocycles. The van der Waals surface area contributed by atoms with Gasteiger partial charge < -0.3 is 0 Å². The lowest BCUT2D eigenvalue weighted by atomic mass is 10.1. The van der Waals surface area contributed by atoms with E-state index in [1.54, 1.807) is 0 Å². The molecule has 2 fully saturated rings. The van der Waals surface area contributed by atoms with Crippen LogP contribution >= 0.6 is 0 Å². The molecule has 5 heteroatoms. The number of likely N-dealkylation sites (N-methyl/N-ethyl adjacent to an activating group) is 1. The second-order valence-corrected chi connectivity index (χ2v) is 4.41. The van der Waals surface area contributed by atoms with Crippen molar-refractivity contribution in [3.8, 4) is 0 Å². The topological polar surface area (TPSA) is 52.7 Å². The Balaban J connectivity index is 1.90. The highest BCUT2D eigenvalue weighted by Crippen LogP contribution is 2.14. The van der Waals surface area contributed by atoms with Gasteiger partial charge in [0.05, 0.1) is 6.42 Å². The smallest absolute Gasteiger partial charge is 0.248 e. The lowest BCUT2D eigenvalue weighted by Gasteiger charge is -2.29. The Bertz CT molecular complexity index is 287. The molecule has 2 aliphatic rings. The summed E-state index contributed by atoms with van der Waals surface area (Å²) in [5.74, 6) is -0.125. The maximum Gasteiger partial charge on any atom is 0.248 e. The number of hydrogen-bond acceptors (Lipinski definition) is 4. The molecule has 16 heavy (non-hydrogen) atoms.